The van der Waals surface area contributed by atoms with Crippen LogP contribution in [-0.2, 0) is 11.2 Å². The number of ketones is 1. The van der Waals surface area contributed by atoms with Gasteiger partial charge in [0.1, 0.15) is 5.76 Å². The summed E-state index contributed by atoms with van der Waals surface area (Å²) in [5.74, 6) is -0.500. The largest absolute Gasteiger partial charge is 0.481 e. The number of aliphatic carboxylic acids is 1. The second kappa shape index (κ2) is 5.59. The maximum Gasteiger partial charge on any atom is 0.306 e. The molecule has 1 aliphatic heterocycles. The number of rotatable bonds is 2. The van der Waals surface area contributed by atoms with Crippen LogP contribution < -0.4 is 0 Å². The lowest BCUT2D eigenvalue weighted by Crippen LogP contribution is -2.40. The Morgan fingerprint density at radius 2 is 1.91 bits per heavy atom. The third kappa shape index (κ3) is 2.42. The molecule has 6 nitrogen and oxygen atoms in total. The number of fused-ring (bicyclic) bond motifs is 1. The summed E-state index contributed by atoms with van der Waals surface area (Å²) >= 11 is 0. The maximum absolute atomic E-state index is 12.6. The standard InChI is InChI=1S/C16H19NO5/c1-9-13-11(18)3-2-4-12(13)22-14(9)15(19)17-7-5-10(6-8-17)16(20)21/h10H,2-8H2,1H3,(H,20,21). The molecule has 0 aromatic carbocycles. The minimum absolute atomic E-state index is 0.0473. The monoisotopic (exact) mass is 305 g/mol. The summed E-state index contributed by atoms with van der Waals surface area (Å²) in [6, 6.07) is 0. The molecule has 118 valence electrons. The highest BCUT2D eigenvalue weighted by molar-refractivity contribution is 6.03. The average Bonchev–Trinajstić information content (AvgIpc) is 2.85. The molecule has 1 amide bonds. The Balaban J connectivity index is 1.79. The molecule has 2 heterocycles. The van der Waals surface area contributed by atoms with Crippen LogP contribution in [0.2, 0.25) is 0 Å². The fourth-order valence-corrected chi connectivity index (χ4v) is 3.33. The van der Waals surface area contributed by atoms with E-state index in [-0.39, 0.29) is 23.4 Å². The molecule has 1 N–H and O–H groups in total. The number of nitrogens with zero attached hydrogens (tertiary/aromatic N) is 1. The quantitative estimate of drug-likeness (QED) is 0.903. The second-order valence-electron chi connectivity index (χ2n) is 6.04. The number of carbonyl (C=O) groups excluding carboxylic acids is 2. The zero-order chi connectivity index (χ0) is 15.9. The first-order valence-electron chi connectivity index (χ1n) is 7.66. The number of carbonyl (C=O) groups is 3. The van der Waals surface area contributed by atoms with Gasteiger partial charge in [-0.05, 0) is 26.2 Å². The first-order chi connectivity index (χ1) is 10.5. The lowest BCUT2D eigenvalue weighted by molar-refractivity contribution is -0.143. The van der Waals surface area contributed by atoms with Crippen LogP contribution in [0.3, 0.4) is 0 Å². The first-order valence-corrected chi connectivity index (χ1v) is 7.66. The highest BCUT2D eigenvalue weighted by atomic mass is 16.4. The maximum atomic E-state index is 12.6. The molecule has 1 fully saturated rings. The number of hydrogen-bond acceptors (Lipinski definition) is 4. The summed E-state index contributed by atoms with van der Waals surface area (Å²) in [5.41, 5.74) is 1.21. The zero-order valence-corrected chi connectivity index (χ0v) is 12.6. The van der Waals surface area contributed by atoms with E-state index in [0.717, 1.165) is 6.42 Å². The third-order valence-electron chi connectivity index (χ3n) is 4.63. The molecule has 0 atom stereocenters. The van der Waals surface area contributed by atoms with Crippen LogP contribution in [0.4, 0.5) is 0 Å². The third-order valence-corrected chi connectivity index (χ3v) is 4.63. The van der Waals surface area contributed by atoms with E-state index in [0.29, 0.717) is 55.7 Å². The van der Waals surface area contributed by atoms with Gasteiger partial charge in [0, 0.05) is 31.5 Å². The number of Topliss-reactive ketones (excluding diaryl/α,β-unsaturated/α-hetero) is 1. The molecule has 0 radical (unpaired) electrons. The van der Waals surface area contributed by atoms with Gasteiger partial charge in [-0.25, -0.2) is 0 Å². The molecule has 0 spiro atoms. The van der Waals surface area contributed by atoms with E-state index in [1.165, 1.54) is 0 Å². The molecule has 3 rings (SSSR count). The van der Waals surface area contributed by atoms with Crippen LogP contribution >= 0.6 is 0 Å². The number of amides is 1. The predicted octanol–water partition coefficient (Wildman–Crippen LogP) is 2.04. The summed E-state index contributed by atoms with van der Waals surface area (Å²) in [6.45, 7) is 2.58. The molecule has 0 saturated carbocycles. The Morgan fingerprint density at radius 1 is 1.23 bits per heavy atom. The Labute approximate surface area is 128 Å². The molecule has 0 bridgehead atoms. The van der Waals surface area contributed by atoms with Gasteiger partial charge in [-0.1, -0.05) is 0 Å². The lowest BCUT2D eigenvalue weighted by Gasteiger charge is -2.29. The minimum atomic E-state index is -0.803. The number of aryl methyl sites for hydroxylation is 1. The topological polar surface area (TPSA) is 87.8 Å². The zero-order valence-electron chi connectivity index (χ0n) is 12.6. The van der Waals surface area contributed by atoms with E-state index in [4.69, 9.17) is 9.52 Å². The molecule has 6 heteroatoms. The van der Waals surface area contributed by atoms with Crippen molar-refractivity contribution in [2.75, 3.05) is 13.1 Å². The van der Waals surface area contributed by atoms with Gasteiger partial charge in [0.25, 0.3) is 5.91 Å². The summed E-state index contributed by atoms with van der Waals surface area (Å²) < 4.78 is 5.67. The van der Waals surface area contributed by atoms with Gasteiger partial charge >= 0.3 is 5.97 Å². The van der Waals surface area contributed by atoms with E-state index in [9.17, 15) is 14.4 Å². The molecule has 1 saturated heterocycles. The summed E-state index contributed by atoms with van der Waals surface area (Å²) in [6.07, 6.45) is 2.87. The van der Waals surface area contributed by atoms with Crippen LogP contribution in [0.5, 0.6) is 0 Å². The van der Waals surface area contributed by atoms with Gasteiger partial charge in [-0.15, -0.1) is 0 Å². The Bertz CT molecular complexity index is 637. The number of carboxylic acids is 1. The molecular weight excluding hydrogens is 286 g/mol. The van der Waals surface area contributed by atoms with Crippen LogP contribution in [-0.4, -0.2) is 40.8 Å². The van der Waals surface area contributed by atoms with E-state index in [1.807, 2.05) is 0 Å². The first kappa shape index (κ1) is 14.8. The minimum Gasteiger partial charge on any atom is -0.481 e. The van der Waals surface area contributed by atoms with Crippen molar-refractivity contribution in [3.05, 3.63) is 22.6 Å². The molecule has 22 heavy (non-hydrogen) atoms. The van der Waals surface area contributed by atoms with E-state index in [1.54, 1.807) is 11.8 Å². The highest BCUT2D eigenvalue weighted by Gasteiger charge is 2.33. The van der Waals surface area contributed by atoms with Crippen molar-refractivity contribution >= 4 is 17.7 Å². The molecule has 2 aliphatic rings. The van der Waals surface area contributed by atoms with Gasteiger partial charge in [0.05, 0.1) is 11.5 Å². The van der Waals surface area contributed by atoms with Gasteiger partial charge in [0.15, 0.2) is 11.5 Å². The molecule has 1 aromatic heterocycles. The summed E-state index contributed by atoms with van der Waals surface area (Å²) in [7, 11) is 0. The molecule has 1 aliphatic carbocycles. The number of carboxylic acid groups (broad SMARTS) is 1. The second-order valence-corrected chi connectivity index (χ2v) is 6.04. The van der Waals surface area contributed by atoms with Crippen molar-refractivity contribution < 1.29 is 23.9 Å². The van der Waals surface area contributed by atoms with Gasteiger partial charge in [-0.2, -0.15) is 0 Å². The summed E-state index contributed by atoms with van der Waals surface area (Å²) in [4.78, 5) is 37.2. The van der Waals surface area contributed by atoms with Crippen molar-refractivity contribution in [1.29, 1.82) is 0 Å². The molecular formula is C16H19NO5. The van der Waals surface area contributed by atoms with Crippen molar-refractivity contribution in [2.45, 2.75) is 39.0 Å². The van der Waals surface area contributed by atoms with E-state index >= 15 is 0 Å². The average molecular weight is 305 g/mol. The van der Waals surface area contributed by atoms with Crippen LogP contribution in [0, 0.1) is 12.8 Å². The Hall–Kier alpha value is -2.11. The van der Waals surface area contributed by atoms with Gasteiger partial charge in [0.2, 0.25) is 0 Å². The van der Waals surface area contributed by atoms with Crippen molar-refractivity contribution in [1.82, 2.24) is 4.90 Å². The number of likely N-dealkylation sites (tertiary alicyclic amines) is 1. The van der Waals surface area contributed by atoms with Gasteiger partial charge < -0.3 is 14.4 Å². The number of piperidine rings is 1. The fourth-order valence-electron chi connectivity index (χ4n) is 3.33. The Morgan fingerprint density at radius 3 is 2.50 bits per heavy atom. The molecule has 1 aromatic rings. The summed E-state index contributed by atoms with van der Waals surface area (Å²) in [5, 5.41) is 9.00. The molecule has 0 unspecified atom stereocenters. The highest BCUT2D eigenvalue weighted by Crippen LogP contribution is 2.30. The van der Waals surface area contributed by atoms with E-state index < -0.39 is 5.97 Å². The van der Waals surface area contributed by atoms with Crippen molar-refractivity contribution in [3.63, 3.8) is 0 Å². The van der Waals surface area contributed by atoms with Crippen LogP contribution in [0.25, 0.3) is 0 Å². The number of hydrogen-bond donors (Lipinski definition) is 1. The Kier molecular flexibility index (Phi) is 3.76. The van der Waals surface area contributed by atoms with Crippen molar-refractivity contribution in [2.24, 2.45) is 5.92 Å². The SMILES string of the molecule is Cc1c(C(=O)N2CCC(C(=O)O)CC2)oc2c1C(=O)CCC2. The predicted molar refractivity (Wildman–Crippen MR) is 77.0 cm³/mol. The van der Waals surface area contributed by atoms with E-state index in [2.05, 4.69) is 0 Å². The van der Waals surface area contributed by atoms with Crippen LogP contribution in [0.1, 0.15) is 57.9 Å². The lowest BCUT2D eigenvalue weighted by atomic mass is 9.93. The normalized spacial score (nSPS) is 19.1. The van der Waals surface area contributed by atoms with Crippen LogP contribution in [0.15, 0.2) is 4.42 Å². The fraction of sp³-hybridized carbons (Fsp3) is 0.562. The van der Waals surface area contributed by atoms with Gasteiger partial charge in [-0.3, -0.25) is 14.4 Å². The smallest absolute Gasteiger partial charge is 0.306 e. The number of furan rings is 1. The van der Waals surface area contributed by atoms with Crippen molar-refractivity contribution in [3.8, 4) is 0 Å².